The summed E-state index contributed by atoms with van der Waals surface area (Å²) < 4.78 is 2.69. The Kier molecular flexibility index (Phi) is 4.98. The highest BCUT2D eigenvalue weighted by Crippen LogP contribution is 2.17. The molecule has 4 nitrogen and oxygen atoms in total. The summed E-state index contributed by atoms with van der Waals surface area (Å²) in [6.07, 6.45) is 3.79. The highest BCUT2D eigenvalue weighted by atomic mass is 79.9. The first-order chi connectivity index (χ1) is 9.58. The van der Waals surface area contributed by atoms with E-state index in [1.165, 1.54) is 0 Å². The molecule has 1 unspecified atom stereocenters. The van der Waals surface area contributed by atoms with Crippen LogP contribution in [0.1, 0.15) is 25.0 Å². The van der Waals surface area contributed by atoms with Gasteiger partial charge in [0, 0.05) is 22.6 Å². The van der Waals surface area contributed by atoms with Gasteiger partial charge in [0.05, 0.1) is 6.10 Å². The Morgan fingerprint density at radius 2 is 2.25 bits per heavy atom. The number of carbonyl (C=O) groups excluding carboxylic acids is 1. The first-order valence-electron chi connectivity index (χ1n) is 6.47. The zero-order chi connectivity index (χ0) is 14.5. The number of amides is 1. The Morgan fingerprint density at radius 1 is 1.45 bits per heavy atom. The molecule has 0 bridgehead atoms. The molecule has 20 heavy (non-hydrogen) atoms. The van der Waals surface area contributed by atoms with Crippen molar-refractivity contribution in [3.05, 3.63) is 52.8 Å². The van der Waals surface area contributed by atoms with E-state index in [9.17, 15) is 9.90 Å². The van der Waals surface area contributed by atoms with E-state index in [1.807, 2.05) is 37.3 Å². The molecular weight excluding hydrogens is 320 g/mol. The first-order valence-corrected chi connectivity index (χ1v) is 7.27. The molecule has 0 saturated carbocycles. The maximum absolute atomic E-state index is 11.9. The minimum atomic E-state index is -0.468. The van der Waals surface area contributed by atoms with Crippen molar-refractivity contribution in [1.29, 1.82) is 0 Å². The number of carbonyl (C=O) groups is 1. The normalized spacial score (nSPS) is 12.2. The highest BCUT2D eigenvalue weighted by Gasteiger charge is 2.08. The van der Waals surface area contributed by atoms with E-state index in [0.29, 0.717) is 6.42 Å². The molecule has 0 aliphatic carbocycles. The van der Waals surface area contributed by atoms with E-state index in [-0.39, 0.29) is 12.5 Å². The van der Waals surface area contributed by atoms with Crippen molar-refractivity contribution in [2.75, 3.05) is 5.32 Å². The molecule has 106 valence electrons. The van der Waals surface area contributed by atoms with E-state index < -0.39 is 6.10 Å². The van der Waals surface area contributed by atoms with Gasteiger partial charge in [0.2, 0.25) is 5.91 Å². The fourth-order valence-corrected chi connectivity index (χ4v) is 2.32. The number of halogens is 1. The van der Waals surface area contributed by atoms with Gasteiger partial charge in [-0.15, -0.1) is 0 Å². The summed E-state index contributed by atoms with van der Waals surface area (Å²) in [6, 6.07) is 9.29. The second kappa shape index (κ2) is 6.72. The van der Waals surface area contributed by atoms with Crippen LogP contribution in [0.15, 0.2) is 47.2 Å². The summed E-state index contributed by atoms with van der Waals surface area (Å²) in [5.74, 6) is -0.101. The number of anilines is 1. The molecule has 5 heteroatoms. The number of benzene rings is 1. The third-order valence-electron chi connectivity index (χ3n) is 2.98. The second-order valence-electron chi connectivity index (χ2n) is 4.60. The van der Waals surface area contributed by atoms with Gasteiger partial charge < -0.3 is 15.0 Å². The van der Waals surface area contributed by atoms with Crippen LogP contribution in [-0.2, 0) is 11.3 Å². The van der Waals surface area contributed by atoms with E-state index in [0.717, 1.165) is 15.7 Å². The molecule has 1 amide bonds. The molecule has 2 aromatic rings. The fourth-order valence-electron chi connectivity index (χ4n) is 1.92. The number of aliphatic hydroxyl groups is 1. The van der Waals surface area contributed by atoms with Crippen LogP contribution in [0.2, 0.25) is 0 Å². The maximum Gasteiger partial charge on any atom is 0.244 e. The SMILES string of the molecule is CCC(O)c1ccn(CC(=O)Nc2cccc(Br)c2)c1. The lowest BCUT2D eigenvalue weighted by Crippen LogP contribution is -2.17. The number of hydrogen-bond acceptors (Lipinski definition) is 2. The number of nitrogens with zero attached hydrogens (tertiary/aromatic N) is 1. The Hall–Kier alpha value is -1.59. The number of rotatable bonds is 5. The van der Waals surface area contributed by atoms with Gasteiger partial charge in [-0.25, -0.2) is 0 Å². The van der Waals surface area contributed by atoms with Crippen LogP contribution in [0, 0.1) is 0 Å². The van der Waals surface area contributed by atoms with Crippen LogP contribution >= 0.6 is 15.9 Å². The van der Waals surface area contributed by atoms with Crippen LogP contribution in [0.3, 0.4) is 0 Å². The summed E-state index contributed by atoms with van der Waals surface area (Å²) in [5.41, 5.74) is 1.59. The summed E-state index contributed by atoms with van der Waals surface area (Å²) in [6.45, 7) is 2.14. The zero-order valence-electron chi connectivity index (χ0n) is 11.2. The van der Waals surface area contributed by atoms with Gasteiger partial charge in [0.15, 0.2) is 0 Å². The third-order valence-corrected chi connectivity index (χ3v) is 3.47. The second-order valence-corrected chi connectivity index (χ2v) is 5.52. The molecule has 1 atom stereocenters. The molecular formula is C15H17BrN2O2. The highest BCUT2D eigenvalue weighted by molar-refractivity contribution is 9.10. The van der Waals surface area contributed by atoms with Crippen LogP contribution in [-0.4, -0.2) is 15.6 Å². The number of aliphatic hydroxyl groups excluding tert-OH is 1. The van der Waals surface area contributed by atoms with Crippen molar-refractivity contribution < 1.29 is 9.90 Å². The van der Waals surface area contributed by atoms with Gasteiger partial charge in [-0.05, 0) is 36.2 Å². The minimum Gasteiger partial charge on any atom is -0.388 e. The summed E-state index contributed by atoms with van der Waals surface area (Å²) >= 11 is 3.36. The lowest BCUT2D eigenvalue weighted by atomic mass is 10.1. The topological polar surface area (TPSA) is 54.3 Å². The van der Waals surface area contributed by atoms with Gasteiger partial charge in [-0.3, -0.25) is 4.79 Å². The smallest absolute Gasteiger partial charge is 0.244 e. The zero-order valence-corrected chi connectivity index (χ0v) is 12.8. The molecule has 0 saturated heterocycles. The van der Waals surface area contributed by atoms with Gasteiger partial charge in [-0.2, -0.15) is 0 Å². The molecule has 1 aromatic carbocycles. The molecule has 2 rings (SSSR count). The van der Waals surface area contributed by atoms with Crippen molar-refractivity contribution >= 4 is 27.5 Å². The summed E-state index contributed by atoms with van der Waals surface area (Å²) in [5, 5.41) is 12.6. The molecule has 0 spiro atoms. The monoisotopic (exact) mass is 336 g/mol. The predicted octanol–water partition coefficient (Wildman–Crippen LogP) is 3.33. The fraction of sp³-hybridized carbons (Fsp3) is 0.267. The van der Waals surface area contributed by atoms with Crippen LogP contribution < -0.4 is 5.32 Å². The average Bonchev–Trinajstić information content (AvgIpc) is 2.86. The van der Waals surface area contributed by atoms with Gasteiger partial charge in [-0.1, -0.05) is 28.9 Å². The summed E-state index contributed by atoms with van der Waals surface area (Å²) in [4.78, 5) is 11.9. The molecule has 0 fully saturated rings. The Labute approximate surface area is 126 Å². The summed E-state index contributed by atoms with van der Waals surface area (Å²) in [7, 11) is 0. The third kappa shape index (κ3) is 3.95. The van der Waals surface area contributed by atoms with Crippen molar-refractivity contribution in [3.63, 3.8) is 0 Å². The quantitative estimate of drug-likeness (QED) is 0.879. The van der Waals surface area contributed by atoms with Crippen LogP contribution in [0.5, 0.6) is 0 Å². The van der Waals surface area contributed by atoms with E-state index in [1.54, 1.807) is 17.0 Å². The largest absolute Gasteiger partial charge is 0.388 e. The van der Waals surface area contributed by atoms with Crippen LogP contribution in [0.4, 0.5) is 5.69 Å². The predicted molar refractivity (Wildman–Crippen MR) is 82.5 cm³/mol. The van der Waals surface area contributed by atoms with Crippen molar-refractivity contribution in [2.24, 2.45) is 0 Å². The van der Waals surface area contributed by atoms with Crippen LogP contribution in [0.25, 0.3) is 0 Å². The lowest BCUT2D eigenvalue weighted by molar-refractivity contribution is -0.116. The lowest BCUT2D eigenvalue weighted by Gasteiger charge is -2.07. The molecule has 0 aliphatic heterocycles. The number of aromatic nitrogens is 1. The van der Waals surface area contributed by atoms with Crippen molar-refractivity contribution in [2.45, 2.75) is 26.0 Å². The van der Waals surface area contributed by atoms with Crippen molar-refractivity contribution in [3.8, 4) is 0 Å². The first kappa shape index (κ1) is 14.8. The van der Waals surface area contributed by atoms with Gasteiger partial charge in [0.25, 0.3) is 0 Å². The average molecular weight is 337 g/mol. The number of nitrogens with one attached hydrogen (secondary N) is 1. The van der Waals surface area contributed by atoms with E-state index in [4.69, 9.17) is 0 Å². The minimum absolute atomic E-state index is 0.101. The Balaban J connectivity index is 1.96. The standard InChI is InChI=1S/C15H17BrN2O2/c1-2-14(19)11-6-7-18(9-11)10-15(20)17-13-5-3-4-12(16)8-13/h3-9,14,19H,2,10H2,1H3,(H,17,20). The van der Waals surface area contributed by atoms with Gasteiger partial charge in [0.1, 0.15) is 6.54 Å². The molecule has 0 aliphatic rings. The molecule has 1 aromatic heterocycles. The Morgan fingerprint density at radius 3 is 2.95 bits per heavy atom. The molecule has 1 heterocycles. The maximum atomic E-state index is 11.9. The van der Waals surface area contributed by atoms with E-state index >= 15 is 0 Å². The van der Waals surface area contributed by atoms with E-state index in [2.05, 4.69) is 21.2 Å². The number of hydrogen-bond donors (Lipinski definition) is 2. The molecule has 0 radical (unpaired) electrons. The van der Waals surface area contributed by atoms with Crippen molar-refractivity contribution in [1.82, 2.24) is 4.57 Å². The molecule has 2 N–H and O–H groups in total. The van der Waals surface area contributed by atoms with Gasteiger partial charge >= 0.3 is 0 Å². The Bertz CT molecular complexity index is 595.